The molecule has 116 valence electrons. The van der Waals surface area contributed by atoms with Gasteiger partial charge in [0.05, 0.1) is 14.2 Å². The molecule has 1 aliphatic heterocycles. The van der Waals surface area contributed by atoms with Gasteiger partial charge in [0, 0.05) is 16.9 Å². The van der Waals surface area contributed by atoms with Gasteiger partial charge in [0.1, 0.15) is 0 Å². The zero-order valence-electron chi connectivity index (χ0n) is 12.6. The number of hydrogen-bond acceptors (Lipinski definition) is 5. The van der Waals surface area contributed by atoms with Crippen molar-refractivity contribution < 1.29 is 19.4 Å². The van der Waals surface area contributed by atoms with E-state index in [-0.39, 0.29) is 27.9 Å². The lowest BCUT2D eigenvalue weighted by Gasteiger charge is -2.23. The minimum atomic E-state index is -0.194. The zero-order valence-corrected chi connectivity index (χ0v) is 13.4. The van der Waals surface area contributed by atoms with Crippen LogP contribution in [0.2, 0.25) is 0 Å². The van der Waals surface area contributed by atoms with E-state index in [1.54, 1.807) is 0 Å². The van der Waals surface area contributed by atoms with Crippen LogP contribution >= 0.6 is 11.8 Å². The standard InChI is InChI=1S/C15H21NO4S/c1-15(5-4-6-21-15)9-16-14(18)10-7-11(19-2)13(17)12(8-10)20-3/h7-8,17H,4-6,9H2,1-3H3,(H,16,18)/t15-/m1/s1. The molecule has 0 spiro atoms. The van der Waals surface area contributed by atoms with Gasteiger partial charge in [-0.25, -0.2) is 0 Å². The molecule has 2 N–H and O–H groups in total. The van der Waals surface area contributed by atoms with Crippen molar-refractivity contribution in [1.82, 2.24) is 5.32 Å². The first-order valence-electron chi connectivity index (χ1n) is 6.86. The van der Waals surface area contributed by atoms with Crippen molar-refractivity contribution in [3.8, 4) is 17.2 Å². The normalized spacial score (nSPS) is 21.1. The third-order valence-corrected chi connectivity index (χ3v) is 5.20. The Bertz CT molecular complexity index is 501. The largest absolute Gasteiger partial charge is 0.502 e. The molecule has 0 saturated carbocycles. The van der Waals surface area contributed by atoms with Crippen molar-refractivity contribution >= 4 is 17.7 Å². The number of ether oxygens (including phenoxy) is 2. The Balaban J connectivity index is 2.11. The van der Waals surface area contributed by atoms with Crippen LogP contribution in [0.1, 0.15) is 30.1 Å². The molecule has 0 aromatic heterocycles. The molecule has 1 heterocycles. The Labute approximate surface area is 129 Å². The van der Waals surface area contributed by atoms with Gasteiger partial charge in [0.25, 0.3) is 5.91 Å². The van der Waals surface area contributed by atoms with Crippen LogP contribution < -0.4 is 14.8 Å². The second-order valence-electron chi connectivity index (χ2n) is 5.31. The molecule has 0 bridgehead atoms. The lowest BCUT2D eigenvalue weighted by Crippen LogP contribution is -2.36. The Kier molecular flexibility index (Phi) is 4.88. The number of nitrogens with one attached hydrogen (secondary N) is 1. The summed E-state index contributed by atoms with van der Waals surface area (Å²) in [5.41, 5.74) is 0.410. The molecule has 6 heteroatoms. The Morgan fingerprint density at radius 3 is 2.48 bits per heavy atom. The SMILES string of the molecule is COc1cc(C(=O)NC[C@@]2(C)CCCS2)cc(OC)c1O. The fourth-order valence-corrected chi connectivity index (χ4v) is 3.61. The summed E-state index contributed by atoms with van der Waals surface area (Å²) >= 11 is 1.90. The summed E-state index contributed by atoms with van der Waals surface area (Å²) in [6.07, 6.45) is 2.30. The minimum Gasteiger partial charge on any atom is -0.502 e. The van der Waals surface area contributed by atoms with Crippen LogP contribution in [0.3, 0.4) is 0 Å². The van der Waals surface area contributed by atoms with Gasteiger partial charge in [-0.2, -0.15) is 11.8 Å². The molecule has 1 aliphatic rings. The number of carbonyl (C=O) groups excluding carboxylic acids is 1. The molecular weight excluding hydrogens is 290 g/mol. The van der Waals surface area contributed by atoms with E-state index in [1.807, 2.05) is 11.8 Å². The molecule has 1 fully saturated rings. The van der Waals surface area contributed by atoms with Crippen LogP contribution in [0.4, 0.5) is 0 Å². The summed E-state index contributed by atoms with van der Waals surface area (Å²) in [6, 6.07) is 3.02. The second kappa shape index (κ2) is 6.47. The molecule has 1 aromatic rings. The molecule has 0 unspecified atom stereocenters. The lowest BCUT2D eigenvalue weighted by atomic mass is 10.1. The molecule has 21 heavy (non-hydrogen) atoms. The van der Waals surface area contributed by atoms with Crippen molar-refractivity contribution in [2.45, 2.75) is 24.5 Å². The zero-order chi connectivity index (χ0) is 15.5. The highest BCUT2D eigenvalue weighted by molar-refractivity contribution is 8.00. The summed E-state index contributed by atoms with van der Waals surface area (Å²) in [5, 5.41) is 12.8. The predicted octanol–water partition coefficient (Wildman–Crippen LogP) is 2.42. The maximum Gasteiger partial charge on any atom is 0.251 e. The third kappa shape index (κ3) is 3.56. The van der Waals surface area contributed by atoms with Crippen molar-refractivity contribution in [3.05, 3.63) is 17.7 Å². The summed E-state index contributed by atoms with van der Waals surface area (Å²) in [4.78, 5) is 12.3. The highest BCUT2D eigenvalue weighted by Gasteiger charge is 2.30. The van der Waals surface area contributed by atoms with E-state index in [0.29, 0.717) is 12.1 Å². The third-order valence-electron chi connectivity index (χ3n) is 3.67. The van der Waals surface area contributed by atoms with E-state index >= 15 is 0 Å². The van der Waals surface area contributed by atoms with Gasteiger partial charge in [-0.15, -0.1) is 0 Å². The number of benzene rings is 1. The highest BCUT2D eigenvalue weighted by Crippen LogP contribution is 2.38. The van der Waals surface area contributed by atoms with Crippen LogP contribution in [0.15, 0.2) is 12.1 Å². The molecule has 1 saturated heterocycles. The quantitative estimate of drug-likeness (QED) is 0.874. The van der Waals surface area contributed by atoms with Gasteiger partial charge in [-0.1, -0.05) is 0 Å². The van der Waals surface area contributed by atoms with E-state index in [9.17, 15) is 9.90 Å². The fourth-order valence-electron chi connectivity index (χ4n) is 2.37. The Hall–Kier alpha value is -1.56. The van der Waals surface area contributed by atoms with Crippen molar-refractivity contribution in [3.63, 3.8) is 0 Å². The van der Waals surface area contributed by atoms with Gasteiger partial charge in [-0.05, 0) is 37.7 Å². The summed E-state index contributed by atoms with van der Waals surface area (Å²) in [5.74, 6) is 1.30. The number of hydrogen-bond donors (Lipinski definition) is 2. The summed E-state index contributed by atoms with van der Waals surface area (Å²) in [6.45, 7) is 2.80. The summed E-state index contributed by atoms with van der Waals surface area (Å²) < 4.78 is 10.2. The molecule has 2 rings (SSSR count). The number of amides is 1. The molecule has 0 aliphatic carbocycles. The van der Waals surface area contributed by atoms with Crippen molar-refractivity contribution in [1.29, 1.82) is 0 Å². The maximum absolute atomic E-state index is 12.3. The number of methoxy groups -OCH3 is 2. The van der Waals surface area contributed by atoms with Crippen LogP contribution in [0.5, 0.6) is 17.2 Å². The van der Waals surface area contributed by atoms with Crippen LogP contribution in [-0.2, 0) is 0 Å². The number of aromatic hydroxyl groups is 1. The van der Waals surface area contributed by atoms with E-state index < -0.39 is 0 Å². The Morgan fingerprint density at radius 1 is 1.38 bits per heavy atom. The van der Waals surface area contributed by atoms with E-state index in [2.05, 4.69) is 12.2 Å². The molecule has 1 amide bonds. The average Bonchev–Trinajstić information content (AvgIpc) is 2.92. The number of phenols is 1. The summed E-state index contributed by atoms with van der Waals surface area (Å²) in [7, 11) is 2.87. The van der Waals surface area contributed by atoms with Crippen LogP contribution in [0.25, 0.3) is 0 Å². The fraction of sp³-hybridized carbons (Fsp3) is 0.533. The van der Waals surface area contributed by atoms with E-state index in [0.717, 1.165) is 12.2 Å². The lowest BCUT2D eigenvalue weighted by molar-refractivity contribution is 0.0949. The molecule has 5 nitrogen and oxygen atoms in total. The highest BCUT2D eigenvalue weighted by atomic mass is 32.2. The smallest absolute Gasteiger partial charge is 0.251 e. The molecular formula is C15H21NO4S. The van der Waals surface area contributed by atoms with Gasteiger partial charge in [0.2, 0.25) is 5.75 Å². The van der Waals surface area contributed by atoms with Crippen LogP contribution in [-0.4, -0.2) is 42.3 Å². The predicted molar refractivity (Wildman–Crippen MR) is 83.6 cm³/mol. The van der Waals surface area contributed by atoms with E-state index in [1.165, 1.54) is 32.8 Å². The Morgan fingerprint density at radius 2 is 2.00 bits per heavy atom. The van der Waals surface area contributed by atoms with Crippen LogP contribution in [0, 0.1) is 0 Å². The first-order valence-corrected chi connectivity index (χ1v) is 7.85. The minimum absolute atomic E-state index is 0.102. The van der Waals surface area contributed by atoms with Crippen molar-refractivity contribution in [2.75, 3.05) is 26.5 Å². The van der Waals surface area contributed by atoms with Crippen molar-refractivity contribution in [2.24, 2.45) is 0 Å². The van der Waals surface area contributed by atoms with Gasteiger partial charge < -0.3 is 19.9 Å². The first-order chi connectivity index (χ1) is 9.99. The number of phenolic OH excluding ortho intramolecular Hbond substituents is 1. The van der Waals surface area contributed by atoms with Gasteiger partial charge in [0.15, 0.2) is 11.5 Å². The number of thioether (sulfide) groups is 1. The number of rotatable bonds is 5. The molecule has 1 aromatic carbocycles. The number of carbonyl (C=O) groups is 1. The molecule has 0 radical (unpaired) electrons. The second-order valence-corrected chi connectivity index (χ2v) is 7.00. The van der Waals surface area contributed by atoms with Gasteiger partial charge >= 0.3 is 0 Å². The first kappa shape index (κ1) is 15.8. The van der Waals surface area contributed by atoms with E-state index in [4.69, 9.17) is 9.47 Å². The molecule has 1 atom stereocenters. The topological polar surface area (TPSA) is 67.8 Å². The monoisotopic (exact) mass is 311 g/mol. The maximum atomic E-state index is 12.3. The average molecular weight is 311 g/mol. The van der Waals surface area contributed by atoms with Gasteiger partial charge in [-0.3, -0.25) is 4.79 Å².